The first-order valence-corrected chi connectivity index (χ1v) is 6.69. The number of benzene rings is 1. The summed E-state index contributed by atoms with van der Waals surface area (Å²) in [6.07, 6.45) is 3.72. The molecule has 2 aromatic rings. The van der Waals surface area contributed by atoms with Crippen molar-refractivity contribution >= 4 is 5.82 Å². The molecule has 1 N–H and O–H groups in total. The fourth-order valence-corrected chi connectivity index (χ4v) is 2.04. The van der Waals surface area contributed by atoms with Crippen LogP contribution in [0, 0.1) is 0 Å². The topological polar surface area (TPSA) is 43.4 Å². The normalized spacial score (nSPS) is 10.1. The van der Waals surface area contributed by atoms with Crippen molar-refractivity contribution in [3.63, 3.8) is 0 Å². The molecule has 1 aromatic carbocycles. The van der Waals surface area contributed by atoms with Crippen molar-refractivity contribution in [1.82, 2.24) is 4.98 Å². The maximum absolute atomic E-state index is 5.37. The van der Waals surface area contributed by atoms with Gasteiger partial charge in [0.15, 0.2) is 0 Å². The zero-order chi connectivity index (χ0) is 14.2. The third kappa shape index (κ3) is 3.88. The molecule has 0 amide bonds. The molecule has 4 heteroatoms. The standard InChI is InChI=1S/C16H20N2O2/c1-19-14-8-9-15(20-2)13(12-14)6-5-11-18-16-7-3-4-10-17-16/h3-4,7-10,12H,5-6,11H2,1-2H3,(H,17,18). The van der Waals surface area contributed by atoms with Crippen LogP contribution in [0.2, 0.25) is 0 Å². The summed E-state index contributed by atoms with van der Waals surface area (Å²) < 4.78 is 10.6. The van der Waals surface area contributed by atoms with E-state index >= 15 is 0 Å². The Morgan fingerprint density at radius 3 is 2.70 bits per heavy atom. The van der Waals surface area contributed by atoms with Crippen LogP contribution in [-0.4, -0.2) is 25.7 Å². The Morgan fingerprint density at radius 1 is 1.10 bits per heavy atom. The largest absolute Gasteiger partial charge is 0.497 e. The van der Waals surface area contributed by atoms with Gasteiger partial charge in [-0.05, 0) is 48.7 Å². The number of methoxy groups -OCH3 is 2. The summed E-state index contributed by atoms with van der Waals surface area (Å²) in [5.41, 5.74) is 1.16. The van der Waals surface area contributed by atoms with E-state index in [0.29, 0.717) is 0 Å². The van der Waals surface area contributed by atoms with Crippen molar-refractivity contribution in [1.29, 1.82) is 0 Å². The summed E-state index contributed by atoms with van der Waals surface area (Å²) in [4.78, 5) is 4.23. The highest BCUT2D eigenvalue weighted by atomic mass is 16.5. The van der Waals surface area contributed by atoms with Gasteiger partial charge >= 0.3 is 0 Å². The second-order valence-electron chi connectivity index (χ2n) is 4.42. The van der Waals surface area contributed by atoms with Crippen molar-refractivity contribution in [3.8, 4) is 11.5 Å². The molecule has 0 fully saturated rings. The number of nitrogens with one attached hydrogen (secondary N) is 1. The molecule has 0 unspecified atom stereocenters. The molecule has 0 aliphatic carbocycles. The minimum atomic E-state index is 0.860. The first kappa shape index (κ1) is 14.2. The van der Waals surface area contributed by atoms with E-state index in [1.807, 2.05) is 36.4 Å². The van der Waals surface area contributed by atoms with Gasteiger partial charge in [-0.25, -0.2) is 4.98 Å². The minimum absolute atomic E-state index is 0.860. The Labute approximate surface area is 119 Å². The van der Waals surface area contributed by atoms with Gasteiger partial charge in [-0.1, -0.05) is 6.07 Å². The van der Waals surface area contributed by atoms with Gasteiger partial charge in [0.05, 0.1) is 14.2 Å². The summed E-state index contributed by atoms with van der Waals surface area (Å²) in [7, 11) is 3.37. The lowest BCUT2D eigenvalue weighted by molar-refractivity contribution is 0.398. The Kier molecular flexibility index (Phi) is 5.24. The number of hydrogen-bond acceptors (Lipinski definition) is 4. The van der Waals surface area contributed by atoms with Crippen LogP contribution in [0.1, 0.15) is 12.0 Å². The molecule has 2 rings (SSSR count). The van der Waals surface area contributed by atoms with Gasteiger partial charge in [0.25, 0.3) is 0 Å². The quantitative estimate of drug-likeness (QED) is 0.786. The van der Waals surface area contributed by atoms with Crippen LogP contribution < -0.4 is 14.8 Å². The SMILES string of the molecule is COc1ccc(OC)c(CCCNc2ccccn2)c1. The van der Waals surface area contributed by atoms with E-state index in [1.165, 1.54) is 0 Å². The van der Waals surface area contributed by atoms with E-state index in [0.717, 1.165) is 42.3 Å². The molecule has 106 valence electrons. The molecular formula is C16H20N2O2. The Hall–Kier alpha value is -2.23. The molecule has 0 saturated heterocycles. The Bertz CT molecular complexity index is 529. The molecule has 4 nitrogen and oxygen atoms in total. The maximum Gasteiger partial charge on any atom is 0.125 e. The van der Waals surface area contributed by atoms with Gasteiger partial charge < -0.3 is 14.8 Å². The average Bonchev–Trinajstić information content (AvgIpc) is 2.52. The van der Waals surface area contributed by atoms with E-state index in [1.54, 1.807) is 20.4 Å². The second kappa shape index (κ2) is 7.38. The Morgan fingerprint density at radius 2 is 2.00 bits per heavy atom. The highest BCUT2D eigenvalue weighted by Gasteiger charge is 2.04. The number of hydrogen-bond donors (Lipinski definition) is 1. The molecule has 0 atom stereocenters. The van der Waals surface area contributed by atoms with Gasteiger partial charge in [0, 0.05) is 12.7 Å². The number of nitrogens with zero attached hydrogens (tertiary/aromatic N) is 1. The average molecular weight is 272 g/mol. The molecule has 0 radical (unpaired) electrons. The van der Waals surface area contributed by atoms with Crippen LogP contribution in [0.15, 0.2) is 42.6 Å². The number of aromatic nitrogens is 1. The summed E-state index contributed by atoms with van der Waals surface area (Å²) in [6, 6.07) is 11.7. The minimum Gasteiger partial charge on any atom is -0.497 e. The lowest BCUT2D eigenvalue weighted by atomic mass is 10.1. The van der Waals surface area contributed by atoms with E-state index in [4.69, 9.17) is 9.47 Å². The molecule has 1 aromatic heterocycles. The van der Waals surface area contributed by atoms with Crippen LogP contribution in [0.25, 0.3) is 0 Å². The van der Waals surface area contributed by atoms with E-state index in [9.17, 15) is 0 Å². The zero-order valence-electron chi connectivity index (χ0n) is 11.9. The first-order chi connectivity index (χ1) is 9.83. The molecule has 1 heterocycles. The molecular weight excluding hydrogens is 252 g/mol. The fourth-order valence-electron chi connectivity index (χ4n) is 2.04. The second-order valence-corrected chi connectivity index (χ2v) is 4.42. The summed E-state index contributed by atoms with van der Waals surface area (Å²) in [5.74, 6) is 2.67. The lowest BCUT2D eigenvalue weighted by Crippen LogP contribution is -2.04. The molecule has 20 heavy (non-hydrogen) atoms. The number of anilines is 1. The van der Waals surface area contributed by atoms with Crippen molar-refractivity contribution in [2.24, 2.45) is 0 Å². The van der Waals surface area contributed by atoms with Crippen LogP contribution in [0.3, 0.4) is 0 Å². The molecule has 0 saturated carbocycles. The molecule has 0 bridgehead atoms. The zero-order valence-corrected chi connectivity index (χ0v) is 11.9. The van der Waals surface area contributed by atoms with Gasteiger partial charge in [-0.3, -0.25) is 0 Å². The fraction of sp³-hybridized carbons (Fsp3) is 0.312. The number of rotatable bonds is 7. The van der Waals surface area contributed by atoms with Crippen molar-refractivity contribution < 1.29 is 9.47 Å². The highest BCUT2D eigenvalue weighted by molar-refractivity contribution is 5.40. The molecule has 0 aliphatic rings. The lowest BCUT2D eigenvalue weighted by Gasteiger charge is -2.11. The van der Waals surface area contributed by atoms with Crippen LogP contribution in [0.5, 0.6) is 11.5 Å². The summed E-state index contributed by atoms with van der Waals surface area (Å²) in [5, 5.41) is 3.30. The smallest absolute Gasteiger partial charge is 0.125 e. The van der Waals surface area contributed by atoms with Crippen LogP contribution in [0.4, 0.5) is 5.82 Å². The maximum atomic E-state index is 5.37. The van der Waals surface area contributed by atoms with E-state index in [-0.39, 0.29) is 0 Å². The number of ether oxygens (including phenoxy) is 2. The number of aryl methyl sites for hydroxylation is 1. The van der Waals surface area contributed by atoms with E-state index < -0.39 is 0 Å². The summed E-state index contributed by atoms with van der Waals surface area (Å²) in [6.45, 7) is 0.872. The highest BCUT2D eigenvalue weighted by Crippen LogP contribution is 2.25. The third-order valence-electron chi connectivity index (χ3n) is 3.08. The van der Waals surface area contributed by atoms with Crippen molar-refractivity contribution in [3.05, 3.63) is 48.2 Å². The van der Waals surface area contributed by atoms with Crippen LogP contribution >= 0.6 is 0 Å². The predicted octanol–water partition coefficient (Wildman–Crippen LogP) is 3.14. The molecule has 0 aliphatic heterocycles. The van der Waals surface area contributed by atoms with Crippen LogP contribution in [-0.2, 0) is 6.42 Å². The monoisotopic (exact) mass is 272 g/mol. The first-order valence-electron chi connectivity index (χ1n) is 6.69. The van der Waals surface area contributed by atoms with Crippen molar-refractivity contribution in [2.75, 3.05) is 26.1 Å². The Balaban J connectivity index is 1.87. The predicted molar refractivity (Wildman–Crippen MR) is 80.6 cm³/mol. The number of pyridine rings is 1. The van der Waals surface area contributed by atoms with Gasteiger partial charge in [-0.2, -0.15) is 0 Å². The van der Waals surface area contributed by atoms with E-state index in [2.05, 4.69) is 10.3 Å². The third-order valence-corrected chi connectivity index (χ3v) is 3.08. The van der Waals surface area contributed by atoms with Gasteiger partial charge in [0.2, 0.25) is 0 Å². The van der Waals surface area contributed by atoms with Gasteiger partial charge in [0.1, 0.15) is 17.3 Å². The van der Waals surface area contributed by atoms with Gasteiger partial charge in [-0.15, -0.1) is 0 Å². The molecule has 0 spiro atoms. The van der Waals surface area contributed by atoms with Crippen molar-refractivity contribution in [2.45, 2.75) is 12.8 Å². The summed E-state index contributed by atoms with van der Waals surface area (Å²) >= 11 is 0.